The molecule has 0 spiro atoms. The van der Waals surface area contributed by atoms with Gasteiger partial charge in [0.1, 0.15) is 11.3 Å². The van der Waals surface area contributed by atoms with Gasteiger partial charge in [-0.3, -0.25) is 4.79 Å². The fraction of sp³-hybridized carbons (Fsp3) is 0.450. The Hall–Kier alpha value is -2.83. The van der Waals surface area contributed by atoms with Crippen molar-refractivity contribution in [2.45, 2.75) is 37.3 Å². The minimum Gasteiger partial charge on any atom is -0.497 e. The third kappa shape index (κ3) is 3.97. The number of ether oxygens (including phenoxy) is 1. The van der Waals surface area contributed by atoms with Crippen LogP contribution in [0.25, 0.3) is 0 Å². The Bertz CT molecular complexity index is 786. The van der Waals surface area contributed by atoms with Crippen molar-refractivity contribution in [2.24, 2.45) is 0 Å². The van der Waals surface area contributed by atoms with Crippen LogP contribution in [-0.2, 0) is 4.79 Å². The number of carbonyl (C=O) groups excluding carboxylic acids is 1. The van der Waals surface area contributed by atoms with Crippen LogP contribution in [0.4, 0.5) is 11.6 Å². The normalized spacial score (nSPS) is 18.6. The number of amides is 1. The second-order valence-corrected chi connectivity index (χ2v) is 7.22. The molecule has 2 aromatic rings. The second kappa shape index (κ2) is 7.42. The van der Waals surface area contributed by atoms with E-state index in [0.29, 0.717) is 18.9 Å². The summed E-state index contributed by atoms with van der Waals surface area (Å²) in [5.74, 6) is 1.57. The van der Waals surface area contributed by atoms with Gasteiger partial charge in [0.25, 0.3) is 0 Å². The summed E-state index contributed by atoms with van der Waals surface area (Å²) in [5.41, 5.74) is 0.255. The van der Waals surface area contributed by atoms with Crippen LogP contribution in [0.15, 0.2) is 42.7 Å². The number of hydrogen-bond acceptors (Lipinski definition) is 6. The SMILES string of the molecule is COc1cccc(NC2(C(=O)NC3CC3)CCN(c3ncccn3)CC2)c1. The van der Waals surface area contributed by atoms with Crippen molar-refractivity contribution < 1.29 is 9.53 Å². The molecular formula is C20H25N5O2. The molecule has 1 aliphatic carbocycles. The first kappa shape index (κ1) is 17.6. The lowest BCUT2D eigenvalue weighted by Crippen LogP contribution is -2.59. The highest BCUT2D eigenvalue weighted by Gasteiger charge is 2.43. The predicted molar refractivity (Wildman–Crippen MR) is 104 cm³/mol. The van der Waals surface area contributed by atoms with E-state index >= 15 is 0 Å². The van der Waals surface area contributed by atoms with Crippen LogP contribution >= 0.6 is 0 Å². The van der Waals surface area contributed by atoms with Gasteiger partial charge in [-0.1, -0.05) is 6.07 Å². The molecule has 142 valence electrons. The van der Waals surface area contributed by atoms with E-state index < -0.39 is 5.54 Å². The van der Waals surface area contributed by atoms with Crippen molar-refractivity contribution in [3.05, 3.63) is 42.7 Å². The fourth-order valence-corrected chi connectivity index (χ4v) is 3.48. The molecule has 1 saturated heterocycles. The zero-order valence-corrected chi connectivity index (χ0v) is 15.5. The van der Waals surface area contributed by atoms with Gasteiger partial charge in [-0.2, -0.15) is 0 Å². The number of piperidine rings is 1. The molecule has 0 atom stereocenters. The van der Waals surface area contributed by atoms with Crippen molar-refractivity contribution in [2.75, 3.05) is 30.4 Å². The zero-order valence-electron chi connectivity index (χ0n) is 15.5. The lowest BCUT2D eigenvalue weighted by molar-refractivity contribution is -0.126. The highest BCUT2D eigenvalue weighted by Crippen LogP contribution is 2.31. The van der Waals surface area contributed by atoms with E-state index in [1.165, 1.54) is 0 Å². The monoisotopic (exact) mass is 367 g/mol. The van der Waals surface area contributed by atoms with Gasteiger partial charge in [0, 0.05) is 43.3 Å². The van der Waals surface area contributed by atoms with Gasteiger partial charge >= 0.3 is 0 Å². The van der Waals surface area contributed by atoms with Crippen LogP contribution in [0, 0.1) is 0 Å². The molecule has 0 radical (unpaired) electrons. The molecule has 7 heteroatoms. The first-order valence-electron chi connectivity index (χ1n) is 9.44. The molecule has 4 rings (SSSR count). The van der Waals surface area contributed by atoms with E-state index in [0.717, 1.165) is 43.3 Å². The molecule has 0 unspecified atom stereocenters. The van der Waals surface area contributed by atoms with Crippen LogP contribution in [0.3, 0.4) is 0 Å². The van der Waals surface area contributed by atoms with E-state index in [2.05, 4.69) is 25.5 Å². The number of nitrogens with one attached hydrogen (secondary N) is 2. The van der Waals surface area contributed by atoms with Gasteiger partial charge in [-0.05, 0) is 43.9 Å². The number of rotatable bonds is 6. The van der Waals surface area contributed by atoms with Gasteiger partial charge in [0.15, 0.2) is 0 Å². The van der Waals surface area contributed by atoms with Gasteiger partial charge < -0.3 is 20.3 Å². The standard InChI is InChI=1S/C20H25N5O2/c1-27-17-5-2-4-16(14-17)24-20(18(26)23-15-6-7-15)8-12-25(13-9-20)19-21-10-3-11-22-19/h2-5,10-11,14-15,24H,6-9,12-13H2,1H3,(H,23,26). The molecule has 1 aromatic carbocycles. The average Bonchev–Trinajstić information content (AvgIpc) is 3.53. The second-order valence-electron chi connectivity index (χ2n) is 7.22. The van der Waals surface area contributed by atoms with Crippen LogP contribution in [-0.4, -0.2) is 47.7 Å². The first-order chi connectivity index (χ1) is 13.2. The molecule has 1 amide bonds. The topological polar surface area (TPSA) is 79.4 Å². The molecule has 7 nitrogen and oxygen atoms in total. The predicted octanol–water partition coefficient (Wildman–Crippen LogP) is 2.21. The molecule has 2 fully saturated rings. The molecular weight excluding hydrogens is 342 g/mol. The van der Waals surface area contributed by atoms with E-state index in [4.69, 9.17) is 4.74 Å². The molecule has 1 aromatic heterocycles. The number of benzene rings is 1. The minimum absolute atomic E-state index is 0.0847. The number of methoxy groups -OCH3 is 1. The van der Waals surface area contributed by atoms with Crippen LogP contribution in [0.1, 0.15) is 25.7 Å². The summed E-state index contributed by atoms with van der Waals surface area (Å²) in [7, 11) is 1.65. The van der Waals surface area contributed by atoms with Gasteiger partial charge in [0.05, 0.1) is 7.11 Å². The Morgan fingerprint density at radius 2 is 1.93 bits per heavy atom. The molecule has 1 aliphatic heterocycles. The van der Waals surface area contributed by atoms with Crippen molar-refractivity contribution >= 4 is 17.5 Å². The Labute approximate surface area is 159 Å². The highest BCUT2D eigenvalue weighted by atomic mass is 16.5. The van der Waals surface area contributed by atoms with Crippen molar-refractivity contribution in [3.63, 3.8) is 0 Å². The Kier molecular flexibility index (Phi) is 4.83. The summed E-state index contributed by atoms with van der Waals surface area (Å²) in [6.45, 7) is 1.44. The number of anilines is 2. The van der Waals surface area contributed by atoms with Gasteiger partial charge in [-0.15, -0.1) is 0 Å². The number of aromatic nitrogens is 2. The number of hydrogen-bond donors (Lipinski definition) is 2. The fourth-order valence-electron chi connectivity index (χ4n) is 3.48. The summed E-state index contributed by atoms with van der Waals surface area (Å²) in [6.07, 6.45) is 7.01. The lowest BCUT2D eigenvalue weighted by atomic mass is 9.86. The van der Waals surface area contributed by atoms with Crippen LogP contribution < -0.4 is 20.3 Å². The van der Waals surface area contributed by atoms with Gasteiger partial charge in [0.2, 0.25) is 11.9 Å². The van der Waals surface area contributed by atoms with E-state index in [9.17, 15) is 4.79 Å². The van der Waals surface area contributed by atoms with E-state index in [1.807, 2.05) is 30.3 Å². The average molecular weight is 367 g/mol. The molecule has 2 aliphatic rings. The summed E-state index contributed by atoms with van der Waals surface area (Å²) in [4.78, 5) is 23.9. The van der Waals surface area contributed by atoms with E-state index in [1.54, 1.807) is 19.5 Å². The Morgan fingerprint density at radius 3 is 2.59 bits per heavy atom. The maximum Gasteiger partial charge on any atom is 0.246 e. The maximum absolute atomic E-state index is 13.1. The first-order valence-corrected chi connectivity index (χ1v) is 9.44. The maximum atomic E-state index is 13.1. The number of nitrogens with zero attached hydrogens (tertiary/aromatic N) is 3. The Balaban J connectivity index is 1.53. The van der Waals surface area contributed by atoms with Gasteiger partial charge in [-0.25, -0.2) is 9.97 Å². The third-order valence-corrected chi connectivity index (χ3v) is 5.25. The molecule has 27 heavy (non-hydrogen) atoms. The lowest BCUT2D eigenvalue weighted by Gasteiger charge is -2.41. The van der Waals surface area contributed by atoms with E-state index in [-0.39, 0.29) is 5.91 Å². The van der Waals surface area contributed by atoms with Crippen molar-refractivity contribution in [1.82, 2.24) is 15.3 Å². The molecule has 2 heterocycles. The molecule has 2 N–H and O–H groups in total. The summed E-state index contributed by atoms with van der Waals surface area (Å²) in [5, 5.41) is 6.70. The molecule has 1 saturated carbocycles. The quantitative estimate of drug-likeness (QED) is 0.815. The number of carbonyl (C=O) groups is 1. The highest BCUT2D eigenvalue weighted by molar-refractivity contribution is 5.90. The largest absolute Gasteiger partial charge is 0.497 e. The van der Waals surface area contributed by atoms with Crippen LogP contribution in [0.5, 0.6) is 5.75 Å². The summed E-state index contributed by atoms with van der Waals surface area (Å²) in [6, 6.07) is 9.88. The summed E-state index contributed by atoms with van der Waals surface area (Å²) < 4.78 is 5.32. The third-order valence-electron chi connectivity index (χ3n) is 5.25. The molecule has 0 bridgehead atoms. The van der Waals surface area contributed by atoms with Crippen molar-refractivity contribution in [3.8, 4) is 5.75 Å². The summed E-state index contributed by atoms with van der Waals surface area (Å²) >= 11 is 0. The minimum atomic E-state index is -0.639. The Morgan fingerprint density at radius 1 is 1.19 bits per heavy atom. The smallest absolute Gasteiger partial charge is 0.246 e. The van der Waals surface area contributed by atoms with Crippen LogP contribution in [0.2, 0.25) is 0 Å². The van der Waals surface area contributed by atoms with Crippen molar-refractivity contribution in [1.29, 1.82) is 0 Å². The zero-order chi connectivity index (χ0) is 18.7.